The van der Waals surface area contributed by atoms with E-state index < -0.39 is 0 Å². The molecule has 7 nitrogen and oxygen atoms in total. The number of halogens is 1. The highest BCUT2D eigenvalue weighted by atomic mass is 35.5. The first-order valence-corrected chi connectivity index (χ1v) is 10.3. The fourth-order valence-electron chi connectivity index (χ4n) is 3.48. The maximum absolute atomic E-state index is 6.30. The van der Waals surface area contributed by atoms with E-state index in [4.69, 9.17) is 11.6 Å². The summed E-state index contributed by atoms with van der Waals surface area (Å²) in [5.74, 6) is 1.98. The van der Waals surface area contributed by atoms with Crippen molar-refractivity contribution in [3.05, 3.63) is 23.0 Å². The van der Waals surface area contributed by atoms with Crippen LogP contribution in [-0.2, 0) is 0 Å². The van der Waals surface area contributed by atoms with E-state index in [9.17, 15) is 0 Å². The lowest BCUT2D eigenvalue weighted by Crippen LogP contribution is -2.33. The van der Waals surface area contributed by atoms with Gasteiger partial charge in [-0.25, -0.2) is 4.98 Å². The Morgan fingerprint density at radius 2 is 1.89 bits per heavy atom. The van der Waals surface area contributed by atoms with E-state index in [-0.39, 0.29) is 0 Å². The van der Waals surface area contributed by atoms with E-state index in [0.717, 1.165) is 25.2 Å². The zero-order valence-corrected chi connectivity index (χ0v) is 17.0. The van der Waals surface area contributed by atoms with Gasteiger partial charge in [0.1, 0.15) is 5.02 Å². The number of rotatable bonds is 4. The van der Waals surface area contributed by atoms with Crippen LogP contribution in [0.2, 0.25) is 5.02 Å². The molecule has 1 aliphatic heterocycles. The summed E-state index contributed by atoms with van der Waals surface area (Å²) >= 11 is 6.30. The second-order valence-corrected chi connectivity index (χ2v) is 7.69. The van der Waals surface area contributed by atoms with Gasteiger partial charge in [-0.05, 0) is 45.7 Å². The molecule has 2 aromatic rings. The van der Waals surface area contributed by atoms with Crippen LogP contribution in [0.3, 0.4) is 0 Å². The highest BCUT2D eigenvalue weighted by molar-refractivity contribution is 6.32. The molecule has 3 heterocycles. The molecular weight excluding hydrogens is 362 g/mol. The van der Waals surface area contributed by atoms with Gasteiger partial charge in [0, 0.05) is 24.8 Å². The van der Waals surface area contributed by atoms with Crippen molar-refractivity contribution < 1.29 is 0 Å². The van der Waals surface area contributed by atoms with Crippen LogP contribution in [0.1, 0.15) is 50.6 Å². The molecular formula is C19H30ClN7. The number of aromatic nitrogens is 4. The number of H-pyrrole nitrogens is 1. The molecule has 3 N–H and O–H groups in total. The SMILES string of the molecule is Cc1cc(Nc2nc(N(C)C3CCCCCNCCCC3)ncc2Cl)n[nH]1. The van der Waals surface area contributed by atoms with Gasteiger partial charge >= 0.3 is 0 Å². The van der Waals surface area contributed by atoms with Crippen LogP contribution in [0.25, 0.3) is 0 Å². The van der Waals surface area contributed by atoms with Crippen LogP contribution >= 0.6 is 11.6 Å². The molecule has 3 rings (SSSR count). The van der Waals surface area contributed by atoms with Gasteiger partial charge in [0.15, 0.2) is 11.6 Å². The minimum atomic E-state index is 0.449. The van der Waals surface area contributed by atoms with Gasteiger partial charge in [0.25, 0.3) is 0 Å². The molecule has 0 amide bonds. The Bertz CT molecular complexity index is 706. The maximum Gasteiger partial charge on any atom is 0.227 e. The van der Waals surface area contributed by atoms with Crippen LogP contribution in [0.15, 0.2) is 12.3 Å². The lowest BCUT2D eigenvalue weighted by Gasteiger charge is -2.28. The van der Waals surface area contributed by atoms with Crippen molar-refractivity contribution in [3.8, 4) is 0 Å². The van der Waals surface area contributed by atoms with E-state index >= 15 is 0 Å². The molecule has 1 saturated heterocycles. The number of aryl methyl sites for hydroxylation is 1. The van der Waals surface area contributed by atoms with Gasteiger partial charge in [0.05, 0.1) is 6.20 Å². The molecule has 8 heteroatoms. The summed E-state index contributed by atoms with van der Waals surface area (Å²) < 4.78 is 0. The van der Waals surface area contributed by atoms with E-state index in [1.54, 1.807) is 6.20 Å². The largest absolute Gasteiger partial charge is 0.341 e. The van der Waals surface area contributed by atoms with E-state index in [1.807, 2.05) is 13.0 Å². The van der Waals surface area contributed by atoms with Gasteiger partial charge in [0.2, 0.25) is 5.95 Å². The molecule has 2 aromatic heterocycles. The molecule has 0 bridgehead atoms. The summed E-state index contributed by atoms with van der Waals surface area (Å²) in [6.45, 7) is 4.21. The molecule has 0 saturated carbocycles. The summed E-state index contributed by atoms with van der Waals surface area (Å²) in [5.41, 5.74) is 0.979. The summed E-state index contributed by atoms with van der Waals surface area (Å²) in [5, 5.41) is 14.3. The first-order valence-electron chi connectivity index (χ1n) is 9.88. The van der Waals surface area contributed by atoms with Crippen molar-refractivity contribution in [2.45, 2.75) is 57.9 Å². The molecule has 148 valence electrons. The lowest BCUT2D eigenvalue weighted by atomic mass is 10.0. The van der Waals surface area contributed by atoms with Crippen LogP contribution in [0.4, 0.5) is 17.6 Å². The van der Waals surface area contributed by atoms with Gasteiger partial charge in [-0.2, -0.15) is 10.1 Å². The summed E-state index contributed by atoms with van der Waals surface area (Å²) in [6, 6.07) is 2.37. The molecule has 1 atom stereocenters. The average molecular weight is 392 g/mol. The molecule has 1 aliphatic rings. The van der Waals surface area contributed by atoms with Crippen molar-refractivity contribution >= 4 is 29.2 Å². The molecule has 27 heavy (non-hydrogen) atoms. The number of nitrogens with one attached hydrogen (secondary N) is 3. The minimum Gasteiger partial charge on any atom is -0.341 e. The second kappa shape index (κ2) is 9.90. The zero-order valence-electron chi connectivity index (χ0n) is 16.3. The first kappa shape index (κ1) is 19.9. The van der Waals surface area contributed by atoms with Crippen molar-refractivity contribution in [1.82, 2.24) is 25.5 Å². The van der Waals surface area contributed by atoms with E-state index in [1.165, 1.54) is 38.5 Å². The summed E-state index contributed by atoms with van der Waals surface area (Å²) in [4.78, 5) is 11.4. The Labute approximate surface area is 166 Å². The number of hydrogen-bond donors (Lipinski definition) is 3. The fourth-order valence-corrected chi connectivity index (χ4v) is 3.61. The summed E-state index contributed by atoms with van der Waals surface area (Å²) in [6.07, 6.45) is 10.2. The molecule has 0 spiro atoms. The van der Waals surface area contributed by atoms with Gasteiger partial charge in [-0.3, -0.25) is 5.10 Å². The molecule has 0 aromatic carbocycles. The molecule has 1 fully saturated rings. The Balaban J connectivity index is 1.71. The molecule has 1 unspecified atom stereocenters. The predicted octanol–water partition coefficient (Wildman–Crippen LogP) is 4.04. The van der Waals surface area contributed by atoms with Crippen molar-refractivity contribution in [2.24, 2.45) is 0 Å². The topological polar surface area (TPSA) is 81.8 Å². The first-order chi connectivity index (χ1) is 13.1. The Morgan fingerprint density at radius 1 is 1.15 bits per heavy atom. The highest BCUT2D eigenvalue weighted by Gasteiger charge is 2.19. The zero-order chi connectivity index (χ0) is 19.1. The lowest BCUT2D eigenvalue weighted by molar-refractivity contribution is 0.489. The highest BCUT2D eigenvalue weighted by Crippen LogP contribution is 2.26. The van der Waals surface area contributed by atoms with Crippen LogP contribution in [0.5, 0.6) is 0 Å². The Hall–Kier alpha value is -1.86. The smallest absolute Gasteiger partial charge is 0.227 e. The van der Waals surface area contributed by atoms with Gasteiger partial charge in [-0.15, -0.1) is 0 Å². The number of hydrogen-bond acceptors (Lipinski definition) is 6. The summed E-state index contributed by atoms with van der Waals surface area (Å²) in [7, 11) is 2.09. The maximum atomic E-state index is 6.30. The van der Waals surface area contributed by atoms with E-state index in [0.29, 0.717) is 28.6 Å². The Morgan fingerprint density at radius 3 is 2.63 bits per heavy atom. The fraction of sp³-hybridized carbons (Fsp3) is 0.632. The monoisotopic (exact) mass is 391 g/mol. The number of aromatic amines is 1. The van der Waals surface area contributed by atoms with Crippen molar-refractivity contribution in [2.75, 3.05) is 30.4 Å². The average Bonchev–Trinajstić information content (AvgIpc) is 3.04. The van der Waals surface area contributed by atoms with E-state index in [2.05, 4.69) is 42.7 Å². The number of anilines is 3. The van der Waals surface area contributed by atoms with Crippen LogP contribution in [0, 0.1) is 6.92 Å². The van der Waals surface area contributed by atoms with Crippen molar-refractivity contribution in [3.63, 3.8) is 0 Å². The predicted molar refractivity (Wildman–Crippen MR) is 111 cm³/mol. The number of nitrogens with zero attached hydrogens (tertiary/aromatic N) is 4. The molecule has 0 aliphatic carbocycles. The van der Waals surface area contributed by atoms with Gasteiger partial charge < -0.3 is 15.5 Å². The second-order valence-electron chi connectivity index (χ2n) is 7.29. The molecule has 0 radical (unpaired) electrons. The third-order valence-corrected chi connectivity index (χ3v) is 5.36. The third kappa shape index (κ3) is 5.81. The Kier molecular flexibility index (Phi) is 7.29. The minimum absolute atomic E-state index is 0.449. The standard InChI is InChI=1S/C19H30ClN7/c1-14-12-17(26-25-14)23-18-16(20)13-22-19(24-18)27(2)15-8-4-3-6-10-21-11-7-5-9-15/h12-13,15,21H,3-11H2,1-2H3,(H2,22,23,24,25,26). The normalized spacial score (nSPS) is 19.3. The van der Waals surface area contributed by atoms with Crippen LogP contribution < -0.4 is 15.5 Å². The van der Waals surface area contributed by atoms with Crippen LogP contribution in [-0.4, -0.2) is 46.3 Å². The quantitative estimate of drug-likeness (QED) is 0.729. The third-order valence-electron chi connectivity index (χ3n) is 5.08. The van der Waals surface area contributed by atoms with Crippen molar-refractivity contribution in [1.29, 1.82) is 0 Å². The van der Waals surface area contributed by atoms with Gasteiger partial charge in [-0.1, -0.05) is 30.9 Å².